The van der Waals surface area contributed by atoms with Crippen LogP contribution in [0, 0.1) is 10.1 Å². The molecular formula is C24H23Cl2N3O3. The number of non-ortho nitro benzene ring substituents is 1. The van der Waals surface area contributed by atoms with Crippen LogP contribution in [0.25, 0.3) is 6.08 Å². The van der Waals surface area contributed by atoms with Crippen molar-refractivity contribution in [1.29, 1.82) is 0 Å². The number of halogens is 2. The quantitative estimate of drug-likeness (QED) is 0.328. The van der Waals surface area contributed by atoms with E-state index in [-0.39, 0.29) is 30.5 Å². The Balaban J connectivity index is 0.00000181. The van der Waals surface area contributed by atoms with E-state index in [2.05, 4.69) is 11.0 Å². The van der Waals surface area contributed by atoms with Gasteiger partial charge in [-0.25, -0.2) is 0 Å². The van der Waals surface area contributed by atoms with E-state index in [9.17, 15) is 10.1 Å². The maximum absolute atomic E-state index is 11.3. The number of benzene rings is 3. The van der Waals surface area contributed by atoms with Crippen molar-refractivity contribution in [3.63, 3.8) is 0 Å². The van der Waals surface area contributed by atoms with E-state index in [1.165, 1.54) is 12.1 Å². The van der Waals surface area contributed by atoms with Crippen LogP contribution in [0.15, 0.2) is 83.9 Å². The molecule has 0 aliphatic carbocycles. The Morgan fingerprint density at radius 2 is 1.72 bits per heavy atom. The molecule has 1 heterocycles. The minimum absolute atomic E-state index is 0. The van der Waals surface area contributed by atoms with E-state index in [0.29, 0.717) is 23.6 Å². The van der Waals surface area contributed by atoms with Gasteiger partial charge in [0.25, 0.3) is 5.69 Å². The van der Waals surface area contributed by atoms with Crippen LogP contribution < -0.4 is 9.64 Å². The number of nitro benzene ring substituents is 1. The lowest BCUT2D eigenvalue weighted by Gasteiger charge is -2.18. The number of benzodiazepines with no additional fused rings is 1. The molecule has 32 heavy (non-hydrogen) atoms. The highest BCUT2D eigenvalue weighted by Crippen LogP contribution is 2.30. The Hall–Kier alpha value is -3.35. The minimum Gasteiger partial charge on any atom is -0.457 e. The van der Waals surface area contributed by atoms with E-state index in [0.717, 1.165) is 23.5 Å². The molecular weight excluding hydrogens is 449 g/mol. The van der Waals surface area contributed by atoms with Crippen molar-refractivity contribution in [3.8, 4) is 11.5 Å². The number of likely N-dealkylation sites (N-methyl/N-ethyl adjacent to an activating group) is 1. The second-order valence-electron chi connectivity index (χ2n) is 6.93. The molecule has 0 spiro atoms. The average molecular weight is 472 g/mol. The predicted molar refractivity (Wildman–Crippen MR) is 134 cm³/mol. The first kappa shape index (κ1) is 24.9. The number of nitrogens with zero attached hydrogens (tertiary/aromatic N) is 3. The van der Waals surface area contributed by atoms with Crippen molar-refractivity contribution >= 4 is 48.0 Å². The van der Waals surface area contributed by atoms with E-state index in [1.54, 1.807) is 6.07 Å². The lowest BCUT2D eigenvalue weighted by atomic mass is 10.1. The van der Waals surface area contributed by atoms with Crippen LogP contribution in [-0.2, 0) is 0 Å². The number of rotatable bonds is 5. The SMILES string of the molecule is CN1CCN=C(/C=C/c2cc([N+](=O)[O-])ccc2Oc2ccccc2)c2ccccc21.Cl.Cl. The van der Waals surface area contributed by atoms with Crippen LogP contribution in [0.4, 0.5) is 11.4 Å². The van der Waals surface area contributed by atoms with Gasteiger partial charge >= 0.3 is 0 Å². The summed E-state index contributed by atoms with van der Waals surface area (Å²) in [6.07, 6.45) is 3.72. The first-order valence-electron chi connectivity index (χ1n) is 9.66. The smallest absolute Gasteiger partial charge is 0.270 e. The van der Waals surface area contributed by atoms with E-state index < -0.39 is 4.92 Å². The molecule has 0 N–H and O–H groups in total. The number of anilines is 1. The normalized spacial score (nSPS) is 12.7. The van der Waals surface area contributed by atoms with Gasteiger partial charge in [-0.1, -0.05) is 36.4 Å². The summed E-state index contributed by atoms with van der Waals surface area (Å²) in [6.45, 7) is 1.50. The first-order valence-corrected chi connectivity index (χ1v) is 9.66. The molecule has 1 aliphatic rings. The number of hydrogen-bond acceptors (Lipinski definition) is 5. The fourth-order valence-corrected chi connectivity index (χ4v) is 3.35. The maximum Gasteiger partial charge on any atom is 0.270 e. The van der Waals surface area contributed by atoms with Crippen LogP contribution in [0.1, 0.15) is 11.1 Å². The zero-order valence-electron chi connectivity index (χ0n) is 17.4. The van der Waals surface area contributed by atoms with Crippen LogP contribution in [0.2, 0.25) is 0 Å². The lowest BCUT2D eigenvalue weighted by molar-refractivity contribution is -0.384. The van der Waals surface area contributed by atoms with E-state index in [4.69, 9.17) is 9.73 Å². The van der Waals surface area contributed by atoms with E-state index in [1.807, 2.05) is 67.7 Å². The van der Waals surface area contributed by atoms with Gasteiger partial charge in [0.05, 0.1) is 17.2 Å². The number of para-hydroxylation sites is 2. The van der Waals surface area contributed by atoms with E-state index >= 15 is 0 Å². The number of hydrogen-bond donors (Lipinski definition) is 0. The van der Waals surface area contributed by atoms with Gasteiger partial charge in [0.15, 0.2) is 0 Å². The molecule has 0 radical (unpaired) electrons. The molecule has 0 aromatic heterocycles. The lowest BCUT2D eigenvalue weighted by Crippen LogP contribution is -2.20. The number of allylic oxidation sites excluding steroid dienone is 1. The number of nitro groups is 1. The van der Waals surface area contributed by atoms with Gasteiger partial charge in [0, 0.05) is 42.5 Å². The van der Waals surface area contributed by atoms with Crippen molar-refractivity contribution < 1.29 is 9.66 Å². The van der Waals surface area contributed by atoms with Crippen molar-refractivity contribution in [2.45, 2.75) is 0 Å². The zero-order valence-corrected chi connectivity index (χ0v) is 19.0. The Labute approximate surface area is 199 Å². The summed E-state index contributed by atoms with van der Waals surface area (Å²) in [5, 5.41) is 11.3. The summed E-state index contributed by atoms with van der Waals surface area (Å²) in [5.41, 5.74) is 3.61. The van der Waals surface area contributed by atoms with Gasteiger partial charge in [0.2, 0.25) is 0 Å². The van der Waals surface area contributed by atoms with Crippen LogP contribution >= 0.6 is 24.8 Å². The molecule has 3 aromatic rings. The third-order valence-electron chi connectivity index (χ3n) is 4.90. The Morgan fingerprint density at radius 1 is 1.00 bits per heavy atom. The maximum atomic E-state index is 11.3. The number of fused-ring (bicyclic) bond motifs is 1. The molecule has 0 amide bonds. The van der Waals surface area contributed by atoms with Crippen LogP contribution in [-0.4, -0.2) is 30.8 Å². The minimum atomic E-state index is -0.406. The largest absolute Gasteiger partial charge is 0.457 e. The van der Waals surface area contributed by atoms with Gasteiger partial charge < -0.3 is 9.64 Å². The average Bonchev–Trinajstić information content (AvgIpc) is 2.92. The van der Waals surface area contributed by atoms with Gasteiger partial charge in [-0.3, -0.25) is 15.1 Å². The third-order valence-corrected chi connectivity index (χ3v) is 4.90. The fourth-order valence-electron chi connectivity index (χ4n) is 3.35. The molecule has 8 heteroatoms. The Morgan fingerprint density at radius 3 is 2.47 bits per heavy atom. The molecule has 1 aliphatic heterocycles. The van der Waals surface area contributed by atoms with Crippen molar-refractivity contribution in [3.05, 3.63) is 100 Å². The topological polar surface area (TPSA) is 68.0 Å². The van der Waals surface area contributed by atoms with Crippen molar-refractivity contribution in [2.75, 3.05) is 25.0 Å². The summed E-state index contributed by atoms with van der Waals surface area (Å²) in [6, 6.07) is 22.0. The van der Waals surface area contributed by atoms with Crippen molar-refractivity contribution in [2.24, 2.45) is 4.99 Å². The molecule has 0 unspecified atom stereocenters. The van der Waals surface area contributed by atoms with Gasteiger partial charge in [-0.15, -0.1) is 24.8 Å². The molecule has 0 bridgehead atoms. The molecule has 0 atom stereocenters. The summed E-state index contributed by atoms with van der Waals surface area (Å²) in [7, 11) is 2.05. The predicted octanol–water partition coefficient (Wildman–Crippen LogP) is 6.18. The highest BCUT2D eigenvalue weighted by atomic mass is 35.5. The van der Waals surface area contributed by atoms with Crippen molar-refractivity contribution in [1.82, 2.24) is 0 Å². The third kappa shape index (κ3) is 5.66. The summed E-state index contributed by atoms with van der Waals surface area (Å²) < 4.78 is 5.97. The summed E-state index contributed by atoms with van der Waals surface area (Å²) >= 11 is 0. The van der Waals surface area contributed by atoms with Crippen LogP contribution in [0.5, 0.6) is 11.5 Å². The molecule has 0 saturated heterocycles. The molecule has 6 nitrogen and oxygen atoms in total. The van der Waals surface area contributed by atoms with Crippen LogP contribution in [0.3, 0.4) is 0 Å². The zero-order chi connectivity index (χ0) is 20.9. The Kier molecular flexibility index (Phi) is 8.81. The van der Waals surface area contributed by atoms with Gasteiger partial charge in [-0.05, 0) is 36.4 Å². The molecule has 4 rings (SSSR count). The van der Waals surface area contributed by atoms with Gasteiger partial charge in [0.1, 0.15) is 11.5 Å². The second kappa shape index (κ2) is 11.3. The van der Waals surface area contributed by atoms with Gasteiger partial charge in [-0.2, -0.15) is 0 Å². The standard InChI is InChI=1S/C24H21N3O3.2ClH/c1-26-16-15-25-22(21-9-5-6-10-23(21)26)13-11-18-17-19(27(28)29)12-14-24(18)30-20-7-3-2-4-8-20;;/h2-14,17H,15-16H2,1H3;2*1H/b13-11+;;. The summed E-state index contributed by atoms with van der Waals surface area (Å²) in [4.78, 5) is 17.8. The second-order valence-corrected chi connectivity index (χ2v) is 6.93. The molecule has 0 fully saturated rings. The first-order chi connectivity index (χ1) is 14.6. The molecule has 0 saturated carbocycles. The molecule has 3 aromatic carbocycles. The highest BCUT2D eigenvalue weighted by Gasteiger charge is 2.15. The monoisotopic (exact) mass is 471 g/mol. The fraction of sp³-hybridized carbons (Fsp3) is 0.125. The Bertz CT molecular complexity index is 1130. The highest BCUT2D eigenvalue weighted by molar-refractivity contribution is 6.14. The number of ether oxygens (including phenoxy) is 1. The number of aliphatic imine (C=N–C) groups is 1. The molecule has 166 valence electrons. The summed E-state index contributed by atoms with van der Waals surface area (Å²) in [5.74, 6) is 1.21.